The zero-order valence-corrected chi connectivity index (χ0v) is 51.8. The minimum Gasteiger partial charge on any atom is -0.756 e. The molecule has 0 heterocycles. The van der Waals surface area contributed by atoms with Crippen LogP contribution in [-0.4, -0.2) is 69.4 Å². The maximum atomic E-state index is 13.5. The third-order valence-corrected chi connectivity index (χ3v) is 14.8. The van der Waals surface area contributed by atoms with Crippen LogP contribution >= 0.6 is 7.82 Å². The summed E-state index contributed by atoms with van der Waals surface area (Å²) in [5.74, 6) is -0.553. The second kappa shape index (κ2) is 56.5. The highest BCUT2D eigenvalue weighted by molar-refractivity contribution is 7.45. The molecule has 9 nitrogen and oxygen atoms in total. The molecule has 1 N–H and O–H groups in total. The Hall–Kier alpha value is -2.81. The first-order valence-corrected chi connectivity index (χ1v) is 33.4. The number of carbonyl (C=O) groups is 2. The molecule has 3 unspecified atom stereocenters. The molecule has 0 aliphatic rings. The molecule has 0 fully saturated rings. The van der Waals surface area contributed by atoms with Gasteiger partial charge in [-0.15, -0.1) is 0 Å². The number of allylic oxidation sites excluding steroid dienone is 13. The van der Waals surface area contributed by atoms with E-state index in [-0.39, 0.29) is 24.9 Å². The highest BCUT2D eigenvalue weighted by Crippen LogP contribution is 2.38. The number of rotatable bonds is 57. The van der Waals surface area contributed by atoms with Gasteiger partial charge in [0.2, 0.25) is 5.91 Å². The van der Waals surface area contributed by atoms with E-state index in [1.807, 2.05) is 33.3 Å². The number of ether oxygens (including phenoxy) is 1. The number of carbonyl (C=O) groups excluding carboxylic acids is 2. The average molecular weight is 1100 g/mol. The van der Waals surface area contributed by atoms with Gasteiger partial charge in [0.25, 0.3) is 7.82 Å². The monoisotopic (exact) mass is 1100 g/mol. The molecule has 10 heteroatoms. The summed E-state index contributed by atoms with van der Waals surface area (Å²) >= 11 is 0. The van der Waals surface area contributed by atoms with E-state index in [0.717, 1.165) is 116 Å². The van der Waals surface area contributed by atoms with E-state index >= 15 is 0 Å². The average Bonchev–Trinajstić information content (AvgIpc) is 3.39. The lowest BCUT2D eigenvalue weighted by atomic mass is 10.0. The summed E-state index contributed by atoms with van der Waals surface area (Å²) < 4.78 is 30.3. The smallest absolute Gasteiger partial charge is 0.306 e. The zero-order chi connectivity index (χ0) is 56.4. The fourth-order valence-electron chi connectivity index (χ4n) is 8.90. The van der Waals surface area contributed by atoms with Gasteiger partial charge in [-0.25, -0.2) is 0 Å². The van der Waals surface area contributed by atoms with Crippen LogP contribution in [0.4, 0.5) is 0 Å². The van der Waals surface area contributed by atoms with Crippen molar-refractivity contribution in [3.8, 4) is 0 Å². The van der Waals surface area contributed by atoms with Crippen LogP contribution in [0, 0.1) is 0 Å². The van der Waals surface area contributed by atoms with Crippen molar-refractivity contribution in [1.29, 1.82) is 0 Å². The molecule has 446 valence electrons. The SMILES string of the molecule is CC/C=C\C/C=C\C/C=C\C/C=C\C/C=C\CCCCCCCCCCCC(=O)OC(/C=C\CCCCCCCCCCC)C(COP(=O)([O-])OCC[N+](C)(C)C)NC(=O)CCCCCCCCC/C=C\CCCCCC. The van der Waals surface area contributed by atoms with Crippen molar-refractivity contribution in [3.63, 3.8) is 0 Å². The number of quaternary nitrogens is 1. The van der Waals surface area contributed by atoms with Crippen LogP contribution in [0.2, 0.25) is 0 Å². The first-order chi connectivity index (χ1) is 37.4. The Bertz CT molecular complexity index is 1590. The van der Waals surface area contributed by atoms with Gasteiger partial charge in [0, 0.05) is 12.8 Å². The van der Waals surface area contributed by atoms with Crippen molar-refractivity contribution in [1.82, 2.24) is 5.32 Å². The molecule has 0 radical (unpaired) electrons. The minimum absolute atomic E-state index is 0.0268. The van der Waals surface area contributed by atoms with E-state index in [1.54, 1.807) is 0 Å². The van der Waals surface area contributed by atoms with Crippen LogP contribution in [0.1, 0.15) is 278 Å². The van der Waals surface area contributed by atoms with Crippen molar-refractivity contribution in [2.45, 2.75) is 290 Å². The van der Waals surface area contributed by atoms with Crippen LogP contribution in [0.15, 0.2) is 85.1 Å². The third kappa shape index (κ3) is 57.7. The molecule has 1 amide bonds. The lowest BCUT2D eigenvalue weighted by Gasteiger charge is -2.30. The Morgan fingerprint density at radius 1 is 0.468 bits per heavy atom. The summed E-state index contributed by atoms with van der Waals surface area (Å²) in [6, 6.07) is -0.896. The second-order valence-corrected chi connectivity index (χ2v) is 23.9. The molecule has 0 spiro atoms. The maximum absolute atomic E-state index is 13.5. The molecule has 0 aliphatic heterocycles. The Balaban J connectivity index is 5.13. The Labute approximate surface area is 476 Å². The molecule has 0 bridgehead atoms. The topological polar surface area (TPSA) is 114 Å². The van der Waals surface area contributed by atoms with Crippen LogP contribution in [0.25, 0.3) is 0 Å². The van der Waals surface area contributed by atoms with Crippen LogP contribution in [-0.2, 0) is 27.9 Å². The summed E-state index contributed by atoms with van der Waals surface area (Å²) in [6.07, 6.45) is 74.1. The summed E-state index contributed by atoms with van der Waals surface area (Å²) in [4.78, 5) is 40.0. The van der Waals surface area contributed by atoms with Crippen molar-refractivity contribution >= 4 is 19.7 Å². The van der Waals surface area contributed by atoms with E-state index in [4.69, 9.17) is 13.8 Å². The number of nitrogens with one attached hydrogen (secondary N) is 1. The van der Waals surface area contributed by atoms with Gasteiger partial charge in [0.15, 0.2) is 0 Å². The molecule has 0 saturated carbocycles. The Morgan fingerprint density at radius 3 is 1.27 bits per heavy atom. The predicted molar refractivity (Wildman–Crippen MR) is 330 cm³/mol. The minimum atomic E-state index is -4.70. The number of phosphoric ester groups is 1. The number of hydrogen-bond acceptors (Lipinski definition) is 7. The molecule has 0 aromatic heterocycles. The normalized spacial score (nSPS) is 14.2. The van der Waals surface area contributed by atoms with Gasteiger partial charge < -0.3 is 28.5 Å². The molecule has 0 aromatic rings. The van der Waals surface area contributed by atoms with Crippen molar-refractivity contribution in [3.05, 3.63) is 85.1 Å². The molecule has 3 atom stereocenters. The van der Waals surface area contributed by atoms with Gasteiger partial charge in [0.05, 0.1) is 33.8 Å². The molecule has 0 rings (SSSR count). The molecule has 0 aliphatic carbocycles. The van der Waals surface area contributed by atoms with Crippen molar-refractivity contribution < 1.29 is 37.3 Å². The maximum Gasteiger partial charge on any atom is 0.306 e. The van der Waals surface area contributed by atoms with E-state index in [2.05, 4.69) is 99.0 Å². The van der Waals surface area contributed by atoms with E-state index in [0.29, 0.717) is 17.4 Å². The molecular formula is C67H121N2O7P. The first kappa shape index (κ1) is 74.2. The van der Waals surface area contributed by atoms with Crippen LogP contribution in [0.5, 0.6) is 0 Å². The molecule has 77 heavy (non-hydrogen) atoms. The summed E-state index contributed by atoms with van der Waals surface area (Å²) in [7, 11) is 1.17. The Morgan fingerprint density at radius 2 is 0.831 bits per heavy atom. The van der Waals surface area contributed by atoms with Gasteiger partial charge in [-0.1, -0.05) is 247 Å². The predicted octanol–water partition coefficient (Wildman–Crippen LogP) is 19.1. The Kier molecular flexibility index (Phi) is 54.4. The second-order valence-electron chi connectivity index (χ2n) is 22.5. The lowest BCUT2D eigenvalue weighted by molar-refractivity contribution is -0.870. The zero-order valence-electron chi connectivity index (χ0n) is 50.9. The fraction of sp³-hybridized carbons (Fsp3) is 0.761. The van der Waals surface area contributed by atoms with Crippen LogP contribution in [0.3, 0.4) is 0 Å². The summed E-state index contributed by atoms with van der Waals surface area (Å²) in [6.45, 7) is 6.71. The lowest BCUT2D eigenvalue weighted by Crippen LogP contribution is -2.47. The third-order valence-electron chi connectivity index (χ3n) is 13.8. The number of likely N-dealkylation sites (N-methyl/N-ethyl adjacent to an activating group) is 1. The number of phosphoric acid groups is 1. The van der Waals surface area contributed by atoms with Crippen LogP contribution < -0.4 is 10.2 Å². The molecular weight excluding hydrogens is 976 g/mol. The molecule has 0 saturated heterocycles. The quantitative estimate of drug-likeness (QED) is 0.0212. The van der Waals surface area contributed by atoms with E-state index < -0.39 is 26.6 Å². The van der Waals surface area contributed by atoms with Gasteiger partial charge in [0.1, 0.15) is 19.3 Å². The number of hydrogen-bond donors (Lipinski definition) is 1. The fourth-order valence-corrected chi connectivity index (χ4v) is 9.62. The standard InChI is InChI=1S/C67H121N2O7P/c1-7-10-13-16-19-22-25-27-29-30-31-32-33-34-35-36-37-38-40-42-45-48-51-54-57-60-67(71)76-65(58-55-52-49-46-43-24-21-18-15-12-9-3)64(63-75-77(72,73)74-62-61-69(4,5)6)68-66(70)59-56-53-50-47-44-41-39-28-26-23-20-17-14-11-8-2/h10,13,19,22-23,26-27,29,31-32,34-35,55,58,64-65H,7-9,11-12,14-18,20-21,24-25,28,30,33,36-54,56-57,59-63H2,1-6H3,(H-,68,70,72,73)/b13-10-,22-19-,26-23-,29-27-,32-31-,35-34-,58-55-. The highest BCUT2D eigenvalue weighted by Gasteiger charge is 2.27. The molecule has 0 aromatic carbocycles. The van der Waals surface area contributed by atoms with Gasteiger partial charge in [-0.2, -0.15) is 0 Å². The number of amides is 1. The van der Waals surface area contributed by atoms with Crippen molar-refractivity contribution in [2.24, 2.45) is 0 Å². The number of unbranched alkanes of at least 4 members (excludes halogenated alkanes) is 29. The van der Waals surface area contributed by atoms with E-state index in [9.17, 15) is 19.0 Å². The van der Waals surface area contributed by atoms with Crippen molar-refractivity contribution in [2.75, 3.05) is 40.9 Å². The summed E-state index contributed by atoms with van der Waals surface area (Å²) in [5.41, 5.74) is 0. The largest absolute Gasteiger partial charge is 0.756 e. The number of nitrogens with zero attached hydrogens (tertiary/aromatic N) is 1. The van der Waals surface area contributed by atoms with Gasteiger partial charge >= 0.3 is 5.97 Å². The van der Waals surface area contributed by atoms with E-state index in [1.165, 1.54) is 128 Å². The highest BCUT2D eigenvalue weighted by atomic mass is 31.2. The first-order valence-electron chi connectivity index (χ1n) is 31.9. The number of esters is 1. The van der Waals surface area contributed by atoms with Gasteiger partial charge in [-0.3, -0.25) is 14.2 Å². The van der Waals surface area contributed by atoms with Gasteiger partial charge in [-0.05, 0) is 102 Å². The summed E-state index contributed by atoms with van der Waals surface area (Å²) in [5, 5.41) is 3.02.